The van der Waals surface area contributed by atoms with Crippen molar-refractivity contribution < 1.29 is 24.1 Å². The van der Waals surface area contributed by atoms with Gasteiger partial charge in [0.1, 0.15) is 17.2 Å². The van der Waals surface area contributed by atoms with Crippen LogP contribution in [-0.2, 0) is 10.2 Å². The molecule has 0 radical (unpaired) electrons. The Kier molecular flexibility index (Phi) is 8.07. The lowest BCUT2D eigenvalue weighted by Crippen LogP contribution is -2.41. The Morgan fingerprint density at radius 2 is 1.64 bits per heavy atom. The predicted octanol–water partition coefficient (Wildman–Crippen LogP) is 4.66. The number of carboxylic acids is 1. The van der Waals surface area contributed by atoms with E-state index in [0.717, 1.165) is 32.1 Å². The highest BCUT2D eigenvalue weighted by atomic mass is 16.5. The van der Waals surface area contributed by atoms with Crippen molar-refractivity contribution in [1.82, 2.24) is 0 Å². The van der Waals surface area contributed by atoms with Gasteiger partial charge >= 0.3 is 5.97 Å². The molecule has 25 heavy (non-hydrogen) atoms. The van der Waals surface area contributed by atoms with Crippen LogP contribution >= 0.6 is 0 Å². The molecule has 0 aliphatic rings. The summed E-state index contributed by atoms with van der Waals surface area (Å²) < 4.78 is 16.3. The fourth-order valence-electron chi connectivity index (χ4n) is 3.54. The molecule has 5 heteroatoms. The first-order chi connectivity index (χ1) is 11.9. The van der Waals surface area contributed by atoms with E-state index in [1.807, 2.05) is 6.92 Å². The van der Waals surface area contributed by atoms with Crippen molar-refractivity contribution in [1.29, 1.82) is 0 Å². The number of unbranched alkanes of at least 4 members (excludes halogenated alkanes) is 2. The summed E-state index contributed by atoms with van der Waals surface area (Å²) in [7, 11) is 4.64. The average Bonchev–Trinajstić information content (AvgIpc) is 2.63. The van der Waals surface area contributed by atoms with Crippen molar-refractivity contribution in [3.63, 3.8) is 0 Å². The maximum Gasteiger partial charge on any atom is 0.314 e. The number of hydrogen-bond donors (Lipinski definition) is 1. The largest absolute Gasteiger partial charge is 0.496 e. The molecule has 0 aromatic heterocycles. The topological polar surface area (TPSA) is 65.0 Å². The molecule has 5 nitrogen and oxygen atoms in total. The van der Waals surface area contributed by atoms with Gasteiger partial charge in [0, 0.05) is 12.1 Å². The maximum atomic E-state index is 12.4. The summed E-state index contributed by atoms with van der Waals surface area (Å²) >= 11 is 0. The first kappa shape index (κ1) is 21.1. The van der Waals surface area contributed by atoms with E-state index >= 15 is 0 Å². The zero-order valence-electron chi connectivity index (χ0n) is 16.3. The van der Waals surface area contributed by atoms with E-state index in [2.05, 4.69) is 6.92 Å². The monoisotopic (exact) mass is 352 g/mol. The normalized spacial score (nSPS) is 14.5. The quantitative estimate of drug-likeness (QED) is 0.587. The van der Waals surface area contributed by atoms with Gasteiger partial charge in [-0.1, -0.05) is 39.5 Å². The van der Waals surface area contributed by atoms with E-state index in [4.69, 9.17) is 14.2 Å². The zero-order valence-corrected chi connectivity index (χ0v) is 16.3. The van der Waals surface area contributed by atoms with Crippen LogP contribution in [0.1, 0.15) is 58.4 Å². The highest BCUT2D eigenvalue weighted by Crippen LogP contribution is 2.48. The summed E-state index contributed by atoms with van der Waals surface area (Å²) in [5.74, 6) is 0.652. The van der Waals surface area contributed by atoms with Crippen LogP contribution in [-0.4, -0.2) is 32.4 Å². The van der Waals surface area contributed by atoms with Crippen LogP contribution in [0.4, 0.5) is 0 Å². The summed E-state index contributed by atoms with van der Waals surface area (Å²) in [4.78, 5) is 12.4. The molecule has 1 N–H and O–H groups in total. The number of carboxylic acid groups (broad SMARTS) is 1. The van der Waals surface area contributed by atoms with Crippen LogP contribution in [0.15, 0.2) is 12.1 Å². The summed E-state index contributed by atoms with van der Waals surface area (Å²) in [5.41, 5.74) is -0.528. The molecule has 0 spiro atoms. The molecule has 0 aliphatic heterocycles. The Morgan fingerprint density at radius 3 is 2.00 bits per heavy atom. The molecule has 2 unspecified atom stereocenters. The number of benzene rings is 1. The third-order valence-corrected chi connectivity index (χ3v) is 5.14. The number of rotatable bonds is 11. The molecule has 142 valence electrons. The average molecular weight is 352 g/mol. The molecule has 0 saturated carbocycles. The second-order valence-corrected chi connectivity index (χ2v) is 6.52. The van der Waals surface area contributed by atoms with Crippen LogP contribution in [0.2, 0.25) is 0 Å². The molecular formula is C20H32O5. The predicted molar refractivity (Wildman–Crippen MR) is 99.0 cm³/mol. The van der Waals surface area contributed by atoms with E-state index in [0.29, 0.717) is 22.8 Å². The SMILES string of the molecule is CCCCCC(CC)C(C)(C(=O)O)c1c(OC)cc(OC)cc1OC. The third-order valence-electron chi connectivity index (χ3n) is 5.14. The van der Waals surface area contributed by atoms with Crippen LogP contribution < -0.4 is 14.2 Å². The van der Waals surface area contributed by atoms with Crippen molar-refractivity contribution >= 4 is 5.97 Å². The standard InChI is InChI=1S/C20H32O5/c1-7-9-10-11-14(8-2)20(3,19(21)22)18-16(24-5)12-15(23-4)13-17(18)25-6/h12-14H,7-11H2,1-6H3,(H,21,22). The lowest BCUT2D eigenvalue weighted by molar-refractivity contribution is -0.146. The van der Waals surface area contributed by atoms with Gasteiger partial charge in [-0.25, -0.2) is 0 Å². The van der Waals surface area contributed by atoms with E-state index < -0.39 is 11.4 Å². The van der Waals surface area contributed by atoms with Crippen molar-refractivity contribution in [2.45, 2.75) is 58.3 Å². The second kappa shape index (κ2) is 9.54. The summed E-state index contributed by atoms with van der Waals surface area (Å²) in [6, 6.07) is 3.44. The minimum Gasteiger partial charge on any atom is -0.496 e. The van der Waals surface area contributed by atoms with E-state index in [-0.39, 0.29) is 5.92 Å². The van der Waals surface area contributed by atoms with Gasteiger partial charge in [0.05, 0.1) is 32.3 Å². The molecule has 1 aromatic rings. The molecule has 0 aliphatic carbocycles. The Balaban J connectivity index is 3.53. The lowest BCUT2D eigenvalue weighted by atomic mass is 9.68. The van der Waals surface area contributed by atoms with Gasteiger partial charge in [0.15, 0.2) is 0 Å². The maximum absolute atomic E-state index is 12.4. The van der Waals surface area contributed by atoms with Gasteiger partial charge in [-0.2, -0.15) is 0 Å². The lowest BCUT2D eigenvalue weighted by Gasteiger charge is -2.36. The fraction of sp³-hybridized carbons (Fsp3) is 0.650. The Bertz CT molecular complexity index is 544. The van der Waals surface area contributed by atoms with Gasteiger partial charge in [-0.3, -0.25) is 4.79 Å². The molecule has 0 bridgehead atoms. The van der Waals surface area contributed by atoms with E-state index in [9.17, 15) is 9.90 Å². The van der Waals surface area contributed by atoms with Crippen LogP contribution in [0, 0.1) is 5.92 Å². The molecule has 0 fully saturated rings. The van der Waals surface area contributed by atoms with Crippen molar-refractivity contribution in [2.24, 2.45) is 5.92 Å². The van der Waals surface area contributed by atoms with Gasteiger partial charge in [-0.15, -0.1) is 0 Å². The Hall–Kier alpha value is -1.91. The van der Waals surface area contributed by atoms with E-state index in [1.54, 1.807) is 26.2 Å². The van der Waals surface area contributed by atoms with Gasteiger partial charge < -0.3 is 19.3 Å². The highest BCUT2D eigenvalue weighted by Gasteiger charge is 2.46. The first-order valence-corrected chi connectivity index (χ1v) is 8.94. The van der Waals surface area contributed by atoms with Crippen LogP contribution in [0.3, 0.4) is 0 Å². The van der Waals surface area contributed by atoms with Crippen molar-refractivity contribution in [3.05, 3.63) is 17.7 Å². The Morgan fingerprint density at radius 1 is 1.08 bits per heavy atom. The number of carbonyl (C=O) groups is 1. The van der Waals surface area contributed by atoms with Crippen molar-refractivity contribution in [3.8, 4) is 17.2 Å². The number of hydrogen-bond acceptors (Lipinski definition) is 4. The molecule has 0 amide bonds. The van der Waals surface area contributed by atoms with Crippen molar-refractivity contribution in [2.75, 3.05) is 21.3 Å². The van der Waals surface area contributed by atoms with Gasteiger partial charge in [0.25, 0.3) is 0 Å². The van der Waals surface area contributed by atoms with Crippen LogP contribution in [0.25, 0.3) is 0 Å². The number of methoxy groups -OCH3 is 3. The first-order valence-electron chi connectivity index (χ1n) is 8.94. The minimum atomic E-state index is -1.11. The molecular weight excluding hydrogens is 320 g/mol. The smallest absolute Gasteiger partial charge is 0.314 e. The van der Waals surface area contributed by atoms with Gasteiger partial charge in [-0.05, 0) is 19.3 Å². The third kappa shape index (κ3) is 4.39. The molecule has 1 rings (SSSR count). The summed E-state index contributed by atoms with van der Waals surface area (Å²) in [6.07, 6.45) is 4.84. The zero-order chi connectivity index (χ0) is 19.0. The van der Waals surface area contributed by atoms with Crippen LogP contribution in [0.5, 0.6) is 17.2 Å². The second-order valence-electron chi connectivity index (χ2n) is 6.52. The Labute approximate surface area is 151 Å². The minimum absolute atomic E-state index is 0.0206. The van der Waals surface area contributed by atoms with E-state index in [1.165, 1.54) is 14.2 Å². The molecule has 0 saturated heterocycles. The molecule has 0 heterocycles. The summed E-state index contributed by atoms with van der Waals surface area (Å²) in [5, 5.41) is 10.2. The molecule has 1 aromatic carbocycles. The van der Waals surface area contributed by atoms with Gasteiger partial charge in [0.2, 0.25) is 0 Å². The fourth-order valence-corrected chi connectivity index (χ4v) is 3.54. The molecule has 2 atom stereocenters. The number of aliphatic carboxylic acids is 1. The summed E-state index contributed by atoms with van der Waals surface area (Å²) in [6.45, 7) is 5.97. The number of ether oxygens (including phenoxy) is 3. The highest BCUT2D eigenvalue weighted by molar-refractivity contribution is 5.84.